The molecule has 18 heavy (non-hydrogen) atoms. The van der Waals surface area contributed by atoms with Crippen LogP contribution in [0, 0.1) is 5.82 Å². The highest BCUT2D eigenvalue weighted by Gasteiger charge is 2.07. The number of hydrogen-bond acceptors (Lipinski definition) is 2. The molecular formula is C13H11FN2O2. The van der Waals surface area contributed by atoms with Crippen molar-refractivity contribution in [3.63, 3.8) is 0 Å². The van der Waals surface area contributed by atoms with Crippen molar-refractivity contribution in [3.05, 3.63) is 54.3 Å². The topological polar surface area (TPSA) is 61.4 Å². The molecule has 2 rings (SSSR count). The minimum absolute atomic E-state index is 0.0545. The minimum Gasteiger partial charge on any atom is -0.506 e. The van der Waals surface area contributed by atoms with Crippen molar-refractivity contribution in [2.45, 2.75) is 0 Å². The van der Waals surface area contributed by atoms with E-state index in [9.17, 15) is 14.3 Å². The number of anilines is 2. The van der Waals surface area contributed by atoms with Crippen LogP contribution in [0.25, 0.3) is 0 Å². The van der Waals surface area contributed by atoms with Crippen LogP contribution >= 0.6 is 0 Å². The van der Waals surface area contributed by atoms with Gasteiger partial charge in [-0.05, 0) is 24.3 Å². The zero-order valence-corrected chi connectivity index (χ0v) is 9.35. The lowest BCUT2D eigenvalue weighted by Gasteiger charge is -2.09. The van der Waals surface area contributed by atoms with E-state index in [0.717, 1.165) is 0 Å². The number of carbonyl (C=O) groups excluding carboxylic acids is 1. The Labute approximate surface area is 103 Å². The van der Waals surface area contributed by atoms with Crippen LogP contribution in [0.5, 0.6) is 5.75 Å². The molecular weight excluding hydrogens is 235 g/mol. The summed E-state index contributed by atoms with van der Waals surface area (Å²) in [5.41, 5.74) is 0.330. The number of urea groups is 1. The van der Waals surface area contributed by atoms with Gasteiger partial charge in [0.2, 0.25) is 0 Å². The van der Waals surface area contributed by atoms with Crippen molar-refractivity contribution in [3.8, 4) is 5.75 Å². The lowest BCUT2D eigenvalue weighted by molar-refractivity contribution is 0.262. The lowest BCUT2D eigenvalue weighted by Crippen LogP contribution is -2.20. The molecule has 0 saturated carbocycles. The van der Waals surface area contributed by atoms with Gasteiger partial charge in [-0.25, -0.2) is 9.18 Å². The number of rotatable bonds is 2. The molecule has 5 heteroatoms. The number of halogens is 1. The molecule has 92 valence electrons. The third-order valence-corrected chi connectivity index (χ3v) is 2.27. The minimum atomic E-state index is -0.624. The van der Waals surface area contributed by atoms with E-state index in [1.165, 1.54) is 30.3 Å². The molecule has 0 spiro atoms. The first-order valence-corrected chi connectivity index (χ1v) is 5.27. The predicted molar refractivity (Wildman–Crippen MR) is 67.1 cm³/mol. The Bertz CT molecular complexity index is 523. The van der Waals surface area contributed by atoms with Crippen LogP contribution in [0.2, 0.25) is 0 Å². The molecule has 0 aliphatic carbocycles. The van der Waals surface area contributed by atoms with E-state index >= 15 is 0 Å². The van der Waals surface area contributed by atoms with E-state index in [2.05, 4.69) is 10.6 Å². The Kier molecular flexibility index (Phi) is 3.43. The van der Waals surface area contributed by atoms with Crippen LogP contribution in [0.3, 0.4) is 0 Å². The van der Waals surface area contributed by atoms with Gasteiger partial charge < -0.3 is 15.7 Å². The van der Waals surface area contributed by atoms with Crippen LogP contribution in [0.15, 0.2) is 48.5 Å². The number of benzene rings is 2. The molecule has 0 heterocycles. The Morgan fingerprint density at radius 1 is 0.944 bits per heavy atom. The zero-order chi connectivity index (χ0) is 13.0. The summed E-state index contributed by atoms with van der Waals surface area (Å²) < 4.78 is 13.3. The summed E-state index contributed by atoms with van der Waals surface area (Å²) in [6.07, 6.45) is 0. The fraction of sp³-hybridized carbons (Fsp3) is 0. The fourth-order valence-corrected chi connectivity index (χ4v) is 1.42. The molecule has 2 aromatic carbocycles. The number of aromatic hydroxyl groups is 1. The third kappa shape index (κ3) is 2.76. The molecule has 0 atom stereocenters. The largest absolute Gasteiger partial charge is 0.506 e. The number of phenolic OH excluding ortho intramolecular Hbond substituents is 1. The molecule has 0 aliphatic rings. The van der Waals surface area contributed by atoms with Gasteiger partial charge >= 0.3 is 6.03 Å². The zero-order valence-electron chi connectivity index (χ0n) is 9.35. The summed E-state index contributed by atoms with van der Waals surface area (Å²) in [6.45, 7) is 0. The summed E-state index contributed by atoms with van der Waals surface area (Å²) in [6, 6.07) is 11.5. The fourth-order valence-electron chi connectivity index (χ4n) is 1.42. The van der Waals surface area contributed by atoms with Gasteiger partial charge in [0.25, 0.3) is 0 Å². The van der Waals surface area contributed by atoms with Crippen LogP contribution in [0.4, 0.5) is 20.6 Å². The monoisotopic (exact) mass is 246 g/mol. The Morgan fingerprint density at radius 2 is 1.50 bits per heavy atom. The van der Waals surface area contributed by atoms with E-state index in [1.807, 2.05) is 0 Å². The van der Waals surface area contributed by atoms with Crippen molar-refractivity contribution in [2.24, 2.45) is 0 Å². The van der Waals surface area contributed by atoms with Crippen LogP contribution in [-0.2, 0) is 0 Å². The molecule has 2 aromatic rings. The summed E-state index contributed by atoms with van der Waals surface area (Å²) in [4.78, 5) is 11.6. The predicted octanol–water partition coefficient (Wildman–Crippen LogP) is 3.18. The second kappa shape index (κ2) is 5.18. The number of amides is 2. The maximum atomic E-state index is 13.3. The van der Waals surface area contributed by atoms with E-state index < -0.39 is 11.8 Å². The summed E-state index contributed by atoms with van der Waals surface area (Å²) in [5.74, 6) is -0.578. The second-order valence-electron chi connectivity index (χ2n) is 3.58. The van der Waals surface area contributed by atoms with Crippen LogP contribution < -0.4 is 10.6 Å². The standard InChI is InChI=1S/C13H11FN2O2/c14-9-5-1-2-6-10(9)15-13(18)16-11-7-3-4-8-12(11)17/h1-8,17H,(H2,15,16,18). The van der Waals surface area contributed by atoms with Gasteiger partial charge in [-0.1, -0.05) is 24.3 Å². The summed E-state index contributed by atoms with van der Waals surface area (Å²) >= 11 is 0. The Morgan fingerprint density at radius 3 is 2.17 bits per heavy atom. The normalized spacial score (nSPS) is 9.83. The molecule has 2 amide bonds. The lowest BCUT2D eigenvalue weighted by atomic mass is 10.3. The maximum Gasteiger partial charge on any atom is 0.323 e. The Hall–Kier alpha value is -2.56. The van der Waals surface area contributed by atoms with Crippen LogP contribution in [-0.4, -0.2) is 11.1 Å². The first-order valence-electron chi connectivity index (χ1n) is 5.27. The number of hydrogen-bond donors (Lipinski definition) is 3. The first kappa shape index (κ1) is 11.9. The van der Waals surface area contributed by atoms with Crippen molar-refractivity contribution in [1.82, 2.24) is 0 Å². The molecule has 0 aliphatic heterocycles. The number of para-hydroxylation sites is 3. The van der Waals surface area contributed by atoms with Crippen molar-refractivity contribution < 1.29 is 14.3 Å². The van der Waals surface area contributed by atoms with E-state index in [-0.39, 0.29) is 17.1 Å². The van der Waals surface area contributed by atoms with Crippen molar-refractivity contribution >= 4 is 17.4 Å². The van der Waals surface area contributed by atoms with Gasteiger partial charge in [0.15, 0.2) is 0 Å². The molecule has 0 aromatic heterocycles. The summed E-state index contributed by atoms with van der Waals surface area (Å²) in [5, 5.41) is 14.2. The molecule has 4 nitrogen and oxygen atoms in total. The quantitative estimate of drug-likeness (QED) is 0.713. The van der Waals surface area contributed by atoms with Crippen molar-refractivity contribution in [1.29, 1.82) is 0 Å². The van der Waals surface area contributed by atoms with E-state index in [4.69, 9.17) is 0 Å². The second-order valence-corrected chi connectivity index (χ2v) is 3.58. The van der Waals surface area contributed by atoms with Gasteiger partial charge in [-0.3, -0.25) is 0 Å². The van der Waals surface area contributed by atoms with Crippen LogP contribution in [0.1, 0.15) is 0 Å². The van der Waals surface area contributed by atoms with E-state index in [1.54, 1.807) is 18.2 Å². The number of phenols is 1. The molecule has 0 fully saturated rings. The van der Waals surface area contributed by atoms with E-state index in [0.29, 0.717) is 0 Å². The van der Waals surface area contributed by atoms with Gasteiger partial charge in [0, 0.05) is 0 Å². The highest BCUT2D eigenvalue weighted by molar-refractivity contribution is 6.00. The average Bonchev–Trinajstić information content (AvgIpc) is 2.35. The summed E-state index contributed by atoms with van der Waals surface area (Å²) in [7, 11) is 0. The van der Waals surface area contributed by atoms with Crippen molar-refractivity contribution in [2.75, 3.05) is 10.6 Å². The maximum absolute atomic E-state index is 13.3. The highest BCUT2D eigenvalue weighted by atomic mass is 19.1. The van der Waals surface area contributed by atoms with Gasteiger partial charge in [-0.15, -0.1) is 0 Å². The third-order valence-electron chi connectivity index (χ3n) is 2.27. The number of nitrogens with one attached hydrogen (secondary N) is 2. The molecule has 0 unspecified atom stereocenters. The first-order chi connectivity index (χ1) is 8.66. The van der Waals surface area contributed by atoms with Gasteiger partial charge in [0.1, 0.15) is 11.6 Å². The molecule has 0 saturated heterocycles. The highest BCUT2D eigenvalue weighted by Crippen LogP contribution is 2.22. The molecule has 0 bridgehead atoms. The van der Waals surface area contributed by atoms with Gasteiger partial charge in [-0.2, -0.15) is 0 Å². The average molecular weight is 246 g/mol. The number of carbonyl (C=O) groups is 1. The smallest absolute Gasteiger partial charge is 0.323 e. The molecule has 0 radical (unpaired) electrons. The van der Waals surface area contributed by atoms with Gasteiger partial charge in [0.05, 0.1) is 11.4 Å². The Balaban J connectivity index is 2.06. The SMILES string of the molecule is O=C(Nc1ccccc1O)Nc1ccccc1F. The molecule has 3 N–H and O–H groups in total.